The fourth-order valence-corrected chi connectivity index (χ4v) is 3.67. The number of nitrogens with zero attached hydrogens (tertiary/aromatic N) is 1. The molecule has 2 rings (SSSR count). The lowest BCUT2D eigenvalue weighted by Crippen LogP contribution is -2.32. The Bertz CT molecular complexity index is 601. The SMILES string of the molecule is CCCS(=O)(=O)NC[C@@H]1CC(=O)N(c2ccc(Cl)cc2)C1. The number of halogens is 1. The highest BCUT2D eigenvalue weighted by molar-refractivity contribution is 7.89. The van der Waals surface area contributed by atoms with Crippen LogP contribution in [0.5, 0.6) is 0 Å². The number of sulfonamides is 1. The number of hydrogen-bond donors (Lipinski definition) is 1. The molecule has 7 heteroatoms. The monoisotopic (exact) mass is 330 g/mol. The Labute approximate surface area is 130 Å². The standard InChI is InChI=1S/C14H19ClN2O3S/c1-2-7-21(19,20)16-9-11-8-14(18)17(10-11)13-5-3-12(15)4-6-13/h3-6,11,16H,2,7-10H2,1H3/t11-/m0/s1. The summed E-state index contributed by atoms with van der Waals surface area (Å²) in [4.78, 5) is 13.7. The van der Waals surface area contributed by atoms with Gasteiger partial charge in [0.25, 0.3) is 0 Å². The third-order valence-corrected chi connectivity index (χ3v) is 5.21. The van der Waals surface area contributed by atoms with Crippen molar-refractivity contribution in [3.8, 4) is 0 Å². The minimum Gasteiger partial charge on any atom is -0.312 e. The Balaban J connectivity index is 1.95. The lowest BCUT2D eigenvalue weighted by Gasteiger charge is -2.17. The quantitative estimate of drug-likeness (QED) is 0.867. The number of rotatable bonds is 6. The first-order valence-corrected chi connectivity index (χ1v) is 8.97. The molecule has 1 aromatic carbocycles. The normalized spacial score (nSPS) is 19.2. The maximum absolute atomic E-state index is 12.0. The van der Waals surface area contributed by atoms with Crippen molar-refractivity contribution in [2.75, 3.05) is 23.7 Å². The molecule has 0 bridgehead atoms. The summed E-state index contributed by atoms with van der Waals surface area (Å²) in [5, 5.41) is 0.620. The molecule has 1 aliphatic rings. The average Bonchev–Trinajstić information content (AvgIpc) is 2.79. The second-order valence-corrected chi connectivity index (χ2v) is 7.58. The van der Waals surface area contributed by atoms with E-state index in [2.05, 4.69) is 4.72 Å². The molecule has 0 aromatic heterocycles. The number of anilines is 1. The van der Waals surface area contributed by atoms with Gasteiger partial charge in [0.1, 0.15) is 0 Å². The van der Waals surface area contributed by atoms with Gasteiger partial charge in [0.15, 0.2) is 0 Å². The van der Waals surface area contributed by atoms with E-state index in [0.29, 0.717) is 31.0 Å². The van der Waals surface area contributed by atoms with Gasteiger partial charge in [-0.1, -0.05) is 18.5 Å². The van der Waals surface area contributed by atoms with Gasteiger partial charge >= 0.3 is 0 Å². The predicted octanol–water partition coefficient (Wildman–Crippen LogP) is 2.02. The molecule has 116 valence electrons. The Hall–Kier alpha value is -1.11. The summed E-state index contributed by atoms with van der Waals surface area (Å²) in [6, 6.07) is 7.07. The molecule has 0 radical (unpaired) electrons. The fraction of sp³-hybridized carbons (Fsp3) is 0.500. The molecular formula is C14H19ClN2O3S. The van der Waals surface area contributed by atoms with Crippen molar-refractivity contribution in [1.82, 2.24) is 4.72 Å². The van der Waals surface area contributed by atoms with Gasteiger partial charge in [-0.2, -0.15) is 0 Å². The summed E-state index contributed by atoms with van der Waals surface area (Å²) in [6.07, 6.45) is 0.938. The van der Waals surface area contributed by atoms with Crippen LogP contribution >= 0.6 is 11.6 Å². The van der Waals surface area contributed by atoms with Crippen molar-refractivity contribution in [1.29, 1.82) is 0 Å². The number of carbonyl (C=O) groups is 1. The summed E-state index contributed by atoms with van der Waals surface area (Å²) < 4.78 is 25.8. The van der Waals surface area contributed by atoms with Crippen molar-refractivity contribution in [3.63, 3.8) is 0 Å². The molecule has 1 aliphatic heterocycles. The minimum atomic E-state index is -3.22. The molecule has 0 unspecified atom stereocenters. The van der Waals surface area contributed by atoms with Gasteiger partial charge in [0, 0.05) is 30.2 Å². The van der Waals surface area contributed by atoms with Crippen LogP contribution < -0.4 is 9.62 Å². The van der Waals surface area contributed by atoms with Gasteiger partial charge in [-0.3, -0.25) is 4.79 Å². The first-order valence-electron chi connectivity index (χ1n) is 6.94. The lowest BCUT2D eigenvalue weighted by atomic mass is 10.1. The Morgan fingerprint density at radius 1 is 1.33 bits per heavy atom. The van der Waals surface area contributed by atoms with E-state index in [9.17, 15) is 13.2 Å². The van der Waals surface area contributed by atoms with Crippen LogP contribution in [0.25, 0.3) is 0 Å². The van der Waals surface area contributed by atoms with E-state index in [0.717, 1.165) is 5.69 Å². The zero-order valence-corrected chi connectivity index (χ0v) is 13.5. The number of nitrogens with one attached hydrogen (secondary N) is 1. The number of hydrogen-bond acceptors (Lipinski definition) is 3. The van der Waals surface area contributed by atoms with E-state index in [4.69, 9.17) is 11.6 Å². The van der Waals surface area contributed by atoms with Crippen molar-refractivity contribution in [2.24, 2.45) is 5.92 Å². The van der Waals surface area contributed by atoms with E-state index in [1.165, 1.54) is 0 Å². The smallest absolute Gasteiger partial charge is 0.227 e. The predicted molar refractivity (Wildman–Crippen MR) is 84.0 cm³/mol. The van der Waals surface area contributed by atoms with Gasteiger partial charge in [-0.15, -0.1) is 0 Å². The summed E-state index contributed by atoms with van der Waals surface area (Å²) in [6.45, 7) is 2.65. The van der Waals surface area contributed by atoms with Gasteiger partial charge in [-0.05, 0) is 36.6 Å². The highest BCUT2D eigenvalue weighted by Gasteiger charge is 2.31. The summed E-state index contributed by atoms with van der Waals surface area (Å²) in [7, 11) is -3.22. The molecule has 5 nitrogen and oxygen atoms in total. The number of benzene rings is 1. The van der Waals surface area contributed by atoms with E-state index in [1.807, 2.05) is 6.92 Å². The molecule has 0 spiro atoms. The molecule has 1 amide bonds. The first kappa shape index (κ1) is 16.3. The molecule has 1 fully saturated rings. The molecule has 1 N–H and O–H groups in total. The van der Waals surface area contributed by atoms with E-state index in [1.54, 1.807) is 29.2 Å². The maximum atomic E-state index is 12.0. The number of carbonyl (C=O) groups excluding carboxylic acids is 1. The molecular weight excluding hydrogens is 312 g/mol. The molecule has 1 aromatic rings. The van der Waals surface area contributed by atoms with Crippen LogP contribution in [-0.4, -0.2) is 33.2 Å². The van der Waals surface area contributed by atoms with Crippen molar-refractivity contribution in [3.05, 3.63) is 29.3 Å². The summed E-state index contributed by atoms with van der Waals surface area (Å²) in [5.41, 5.74) is 0.795. The van der Waals surface area contributed by atoms with Crippen LogP contribution in [-0.2, 0) is 14.8 Å². The molecule has 1 atom stereocenters. The molecule has 21 heavy (non-hydrogen) atoms. The zero-order valence-electron chi connectivity index (χ0n) is 11.9. The van der Waals surface area contributed by atoms with Crippen LogP contribution in [0.15, 0.2) is 24.3 Å². The van der Waals surface area contributed by atoms with Crippen molar-refractivity contribution in [2.45, 2.75) is 19.8 Å². The zero-order chi connectivity index (χ0) is 15.5. The van der Waals surface area contributed by atoms with Crippen LogP contribution in [0.1, 0.15) is 19.8 Å². The highest BCUT2D eigenvalue weighted by atomic mass is 35.5. The highest BCUT2D eigenvalue weighted by Crippen LogP contribution is 2.26. The largest absolute Gasteiger partial charge is 0.312 e. The van der Waals surface area contributed by atoms with E-state index >= 15 is 0 Å². The Morgan fingerprint density at radius 3 is 2.62 bits per heavy atom. The van der Waals surface area contributed by atoms with Gasteiger partial charge in [0.05, 0.1) is 5.75 Å². The van der Waals surface area contributed by atoms with Crippen LogP contribution in [0, 0.1) is 5.92 Å². The molecule has 1 heterocycles. The molecule has 0 aliphatic carbocycles. The Kier molecular flexibility index (Phi) is 5.24. The second-order valence-electron chi connectivity index (χ2n) is 5.22. The third kappa shape index (κ3) is 4.43. The van der Waals surface area contributed by atoms with Crippen LogP contribution in [0.3, 0.4) is 0 Å². The van der Waals surface area contributed by atoms with E-state index in [-0.39, 0.29) is 17.6 Å². The Morgan fingerprint density at radius 2 is 2.00 bits per heavy atom. The molecule has 1 saturated heterocycles. The van der Waals surface area contributed by atoms with E-state index < -0.39 is 10.0 Å². The van der Waals surface area contributed by atoms with Crippen molar-refractivity contribution >= 4 is 33.2 Å². The van der Waals surface area contributed by atoms with Crippen molar-refractivity contribution < 1.29 is 13.2 Å². The first-order chi connectivity index (χ1) is 9.91. The van der Waals surface area contributed by atoms with Crippen LogP contribution in [0.4, 0.5) is 5.69 Å². The van der Waals surface area contributed by atoms with Gasteiger partial charge < -0.3 is 4.90 Å². The molecule has 0 saturated carbocycles. The third-order valence-electron chi connectivity index (χ3n) is 3.41. The summed E-state index contributed by atoms with van der Waals surface area (Å²) in [5.74, 6) is 0.131. The number of amides is 1. The second kappa shape index (κ2) is 6.77. The lowest BCUT2D eigenvalue weighted by molar-refractivity contribution is -0.117. The topological polar surface area (TPSA) is 66.5 Å². The average molecular weight is 331 g/mol. The van der Waals surface area contributed by atoms with Crippen LogP contribution in [0.2, 0.25) is 5.02 Å². The minimum absolute atomic E-state index is 0.000177. The fourth-order valence-electron chi connectivity index (χ4n) is 2.37. The summed E-state index contributed by atoms with van der Waals surface area (Å²) >= 11 is 5.83. The van der Waals surface area contributed by atoms with Gasteiger partial charge in [-0.25, -0.2) is 13.1 Å². The van der Waals surface area contributed by atoms with Gasteiger partial charge in [0.2, 0.25) is 15.9 Å². The maximum Gasteiger partial charge on any atom is 0.227 e.